The minimum atomic E-state index is -0.470. The summed E-state index contributed by atoms with van der Waals surface area (Å²) < 4.78 is 1.90. The summed E-state index contributed by atoms with van der Waals surface area (Å²) >= 11 is 0. The van der Waals surface area contributed by atoms with Crippen molar-refractivity contribution in [2.75, 3.05) is 19.6 Å². The van der Waals surface area contributed by atoms with Gasteiger partial charge in [0.1, 0.15) is 11.9 Å². The second kappa shape index (κ2) is 6.59. The Morgan fingerprint density at radius 3 is 2.67 bits per heavy atom. The van der Waals surface area contributed by atoms with E-state index >= 15 is 0 Å². The number of imidazole rings is 1. The van der Waals surface area contributed by atoms with Crippen LogP contribution in [-0.2, 0) is 7.05 Å². The van der Waals surface area contributed by atoms with Gasteiger partial charge in [0.05, 0.1) is 11.5 Å². The molecule has 0 amide bonds. The fraction of sp³-hybridized carbons (Fsp3) is 0.750. The van der Waals surface area contributed by atoms with Crippen molar-refractivity contribution >= 4 is 0 Å². The van der Waals surface area contributed by atoms with Gasteiger partial charge in [-0.1, -0.05) is 0 Å². The third-order valence-corrected chi connectivity index (χ3v) is 4.56. The van der Waals surface area contributed by atoms with Crippen molar-refractivity contribution in [1.82, 2.24) is 14.5 Å². The Morgan fingerprint density at radius 1 is 1.48 bits per heavy atom. The third kappa shape index (κ3) is 4.05. The van der Waals surface area contributed by atoms with Crippen LogP contribution in [0.15, 0.2) is 12.4 Å². The van der Waals surface area contributed by atoms with Crippen molar-refractivity contribution in [3.8, 4) is 6.07 Å². The van der Waals surface area contributed by atoms with E-state index in [1.54, 1.807) is 6.20 Å². The first-order valence-electron chi connectivity index (χ1n) is 7.72. The lowest BCUT2D eigenvalue weighted by atomic mass is 9.88. The normalized spacial score (nSPS) is 19.4. The predicted octanol–water partition coefficient (Wildman–Crippen LogP) is 2.11. The van der Waals surface area contributed by atoms with Crippen LogP contribution in [0.1, 0.15) is 45.0 Å². The predicted molar refractivity (Wildman–Crippen MR) is 81.3 cm³/mol. The summed E-state index contributed by atoms with van der Waals surface area (Å²) in [6.45, 7) is 6.93. The van der Waals surface area contributed by atoms with Crippen LogP contribution in [0.25, 0.3) is 0 Å². The zero-order valence-electron chi connectivity index (χ0n) is 13.3. The molecule has 2 heterocycles. The number of hydrogen-bond donors (Lipinski definition) is 1. The summed E-state index contributed by atoms with van der Waals surface area (Å²) in [7, 11) is 1.92. The number of rotatable bonds is 5. The molecule has 116 valence electrons. The minimum absolute atomic E-state index is 0.247. The number of likely N-dealkylation sites (tertiary alicyclic amines) is 1. The standard InChI is InChI=1S/C16H26N4O/c1-16(2,12-17)6-10-20-8-4-13(5-9-20)14(21)15-18-7-11-19(15)3/h7,11,13-14,21H,4-6,8-10H2,1-3H3. The summed E-state index contributed by atoms with van der Waals surface area (Å²) in [5.41, 5.74) is -0.247. The van der Waals surface area contributed by atoms with E-state index in [4.69, 9.17) is 5.26 Å². The van der Waals surface area contributed by atoms with Gasteiger partial charge in [-0.3, -0.25) is 0 Å². The van der Waals surface area contributed by atoms with Crippen molar-refractivity contribution in [3.63, 3.8) is 0 Å². The lowest BCUT2D eigenvalue weighted by molar-refractivity contribution is 0.0492. The highest BCUT2D eigenvalue weighted by molar-refractivity contribution is 4.99. The number of nitrogens with zero attached hydrogens (tertiary/aromatic N) is 4. The summed E-state index contributed by atoms with van der Waals surface area (Å²) in [5, 5.41) is 19.5. The van der Waals surface area contributed by atoms with Crippen LogP contribution in [0.3, 0.4) is 0 Å². The van der Waals surface area contributed by atoms with Crippen LogP contribution in [0.4, 0.5) is 0 Å². The van der Waals surface area contributed by atoms with Gasteiger partial charge in [-0.25, -0.2) is 4.98 Å². The van der Waals surface area contributed by atoms with Crippen LogP contribution >= 0.6 is 0 Å². The second-order valence-corrected chi connectivity index (χ2v) is 6.77. The van der Waals surface area contributed by atoms with Gasteiger partial charge < -0.3 is 14.6 Å². The zero-order valence-corrected chi connectivity index (χ0v) is 13.3. The van der Waals surface area contributed by atoms with Gasteiger partial charge >= 0.3 is 0 Å². The average Bonchev–Trinajstić information content (AvgIpc) is 2.91. The lowest BCUT2D eigenvalue weighted by Gasteiger charge is -2.34. The summed E-state index contributed by atoms with van der Waals surface area (Å²) in [4.78, 5) is 6.66. The van der Waals surface area contributed by atoms with Crippen LogP contribution in [-0.4, -0.2) is 39.2 Å². The quantitative estimate of drug-likeness (QED) is 0.902. The van der Waals surface area contributed by atoms with E-state index in [1.807, 2.05) is 31.7 Å². The molecule has 1 aliphatic heterocycles. The first-order valence-corrected chi connectivity index (χ1v) is 7.72. The molecule has 0 saturated carbocycles. The molecular formula is C16H26N4O. The van der Waals surface area contributed by atoms with Crippen LogP contribution in [0.2, 0.25) is 0 Å². The fourth-order valence-electron chi connectivity index (χ4n) is 2.86. The van der Waals surface area contributed by atoms with E-state index in [2.05, 4.69) is 16.0 Å². The zero-order chi connectivity index (χ0) is 15.5. The molecule has 5 heteroatoms. The van der Waals surface area contributed by atoms with Gasteiger partial charge in [-0.15, -0.1) is 0 Å². The topological polar surface area (TPSA) is 65.1 Å². The minimum Gasteiger partial charge on any atom is -0.385 e. The van der Waals surface area contributed by atoms with Crippen LogP contribution in [0.5, 0.6) is 0 Å². The van der Waals surface area contributed by atoms with Crippen molar-refractivity contribution in [1.29, 1.82) is 5.26 Å². The molecule has 1 N–H and O–H groups in total. The van der Waals surface area contributed by atoms with E-state index in [0.29, 0.717) is 0 Å². The molecular weight excluding hydrogens is 264 g/mol. The molecule has 5 nitrogen and oxygen atoms in total. The van der Waals surface area contributed by atoms with Gasteiger partial charge in [0.25, 0.3) is 0 Å². The number of aliphatic hydroxyl groups is 1. The molecule has 1 aromatic rings. The van der Waals surface area contributed by atoms with Crippen molar-refractivity contribution < 1.29 is 5.11 Å². The summed E-state index contributed by atoms with van der Waals surface area (Å²) in [5.74, 6) is 1.05. The van der Waals surface area contributed by atoms with E-state index < -0.39 is 6.10 Å². The molecule has 2 rings (SSSR count). The molecule has 21 heavy (non-hydrogen) atoms. The highest BCUT2D eigenvalue weighted by atomic mass is 16.3. The molecule has 0 radical (unpaired) electrons. The first kappa shape index (κ1) is 16.0. The van der Waals surface area contributed by atoms with Gasteiger partial charge in [0, 0.05) is 19.4 Å². The maximum absolute atomic E-state index is 10.5. The number of aromatic nitrogens is 2. The van der Waals surface area contributed by atoms with Crippen molar-refractivity contribution in [3.05, 3.63) is 18.2 Å². The molecule has 0 aliphatic carbocycles. The van der Waals surface area contributed by atoms with E-state index in [0.717, 1.165) is 44.7 Å². The number of nitriles is 1. The smallest absolute Gasteiger partial charge is 0.137 e. The van der Waals surface area contributed by atoms with Gasteiger partial charge in [-0.2, -0.15) is 5.26 Å². The Kier molecular flexibility index (Phi) is 5.02. The molecule has 1 unspecified atom stereocenters. The molecule has 1 aliphatic rings. The third-order valence-electron chi connectivity index (χ3n) is 4.56. The Labute approximate surface area is 127 Å². The number of piperidine rings is 1. The highest BCUT2D eigenvalue weighted by Crippen LogP contribution is 2.30. The molecule has 0 bridgehead atoms. The van der Waals surface area contributed by atoms with Crippen molar-refractivity contribution in [2.24, 2.45) is 18.4 Å². The number of aliphatic hydroxyl groups excluding tert-OH is 1. The maximum atomic E-state index is 10.5. The largest absolute Gasteiger partial charge is 0.385 e. The number of hydrogen-bond acceptors (Lipinski definition) is 4. The first-order chi connectivity index (χ1) is 9.93. The molecule has 0 spiro atoms. The Hall–Kier alpha value is -1.38. The monoisotopic (exact) mass is 290 g/mol. The van der Waals surface area contributed by atoms with Gasteiger partial charge in [-0.05, 0) is 58.7 Å². The summed E-state index contributed by atoms with van der Waals surface area (Å²) in [6.07, 6.45) is 6.01. The molecule has 1 fully saturated rings. The Morgan fingerprint density at radius 2 is 2.14 bits per heavy atom. The van der Waals surface area contributed by atoms with E-state index in [9.17, 15) is 5.11 Å². The Balaban J connectivity index is 1.81. The molecule has 0 aromatic carbocycles. The van der Waals surface area contributed by atoms with Crippen molar-refractivity contribution in [2.45, 2.75) is 39.2 Å². The molecule has 1 aromatic heterocycles. The van der Waals surface area contributed by atoms with Crippen LogP contribution in [0, 0.1) is 22.7 Å². The maximum Gasteiger partial charge on any atom is 0.137 e. The van der Waals surface area contributed by atoms with Gasteiger partial charge in [0.15, 0.2) is 0 Å². The average molecular weight is 290 g/mol. The van der Waals surface area contributed by atoms with Gasteiger partial charge in [0.2, 0.25) is 0 Å². The van der Waals surface area contributed by atoms with Crippen LogP contribution < -0.4 is 0 Å². The molecule has 1 atom stereocenters. The van der Waals surface area contributed by atoms with E-state index in [1.165, 1.54) is 0 Å². The molecule has 1 saturated heterocycles. The Bertz CT molecular complexity index is 495. The second-order valence-electron chi connectivity index (χ2n) is 6.77. The highest BCUT2D eigenvalue weighted by Gasteiger charge is 2.29. The SMILES string of the molecule is Cn1ccnc1C(O)C1CCN(CCC(C)(C)C#N)CC1. The summed E-state index contributed by atoms with van der Waals surface area (Å²) in [6, 6.07) is 2.35. The van der Waals surface area contributed by atoms with E-state index in [-0.39, 0.29) is 11.3 Å². The number of aryl methyl sites for hydroxylation is 1. The lowest BCUT2D eigenvalue weighted by Crippen LogP contribution is -2.37. The fourth-order valence-corrected chi connectivity index (χ4v) is 2.86.